The number of thiophene rings is 1. The highest BCUT2D eigenvalue weighted by Crippen LogP contribution is 2.22. The van der Waals surface area contributed by atoms with Crippen LogP contribution in [0.2, 0.25) is 4.34 Å². The van der Waals surface area contributed by atoms with E-state index in [2.05, 4.69) is 4.98 Å². The molecule has 94 valence electrons. The summed E-state index contributed by atoms with van der Waals surface area (Å²) >= 11 is 7.20. The van der Waals surface area contributed by atoms with E-state index < -0.39 is 0 Å². The summed E-state index contributed by atoms with van der Waals surface area (Å²) < 4.78 is 5.86. The maximum absolute atomic E-state index is 11.6. The highest BCUT2D eigenvalue weighted by atomic mass is 35.5. The average molecular weight is 282 g/mol. The van der Waals surface area contributed by atoms with Gasteiger partial charge in [-0.1, -0.05) is 17.7 Å². The van der Waals surface area contributed by atoms with Crippen molar-refractivity contribution < 1.29 is 9.53 Å². The normalized spacial score (nSPS) is 10.3. The first-order valence-corrected chi connectivity index (χ1v) is 6.64. The van der Waals surface area contributed by atoms with E-state index in [1.165, 1.54) is 11.3 Å². The van der Waals surface area contributed by atoms with E-state index in [1.807, 2.05) is 25.1 Å². The molecule has 0 aromatic carbocycles. The first kappa shape index (κ1) is 13.1. The van der Waals surface area contributed by atoms with Crippen molar-refractivity contribution in [3.8, 4) is 0 Å². The molecule has 0 bridgehead atoms. The molecule has 2 aromatic rings. The standard InChI is InChI=1S/C13H12ClNO2S/c1-9-2-3-10(7-15-9)6-13(16)17-8-11-4-5-12(14)18-11/h2-5,7H,6,8H2,1H3. The van der Waals surface area contributed by atoms with Crippen molar-refractivity contribution in [1.29, 1.82) is 0 Å². The Labute approximate surface area is 114 Å². The van der Waals surface area contributed by atoms with Gasteiger partial charge in [0.1, 0.15) is 6.61 Å². The third-order valence-electron chi connectivity index (χ3n) is 2.33. The zero-order valence-corrected chi connectivity index (χ0v) is 11.4. The van der Waals surface area contributed by atoms with E-state index in [1.54, 1.807) is 12.3 Å². The van der Waals surface area contributed by atoms with Gasteiger partial charge in [0.05, 0.1) is 10.8 Å². The van der Waals surface area contributed by atoms with Crippen molar-refractivity contribution in [1.82, 2.24) is 4.98 Å². The molecular weight excluding hydrogens is 270 g/mol. The summed E-state index contributed by atoms with van der Waals surface area (Å²) in [6.07, 6.45) is 1.94. The fourth-order valence-electron chi connectivity index (χ4n) is 1.40. The van der Waals surface area contributed by atoms with Gasteiger partial charge in [0.25, 0.3) is 0 Å². The second-order valence-electron chi connectivity index (χ2n) is 3.85. The SMILES string of the molecule is Cc1ccc(CC(=O)OCc2ccc(Cl)s2)cn1. The Hall–Kier alpha value is -1.39. The Balaban J connectivity index is 1.83. The third kappa shape index (κ3) is 3.82. The van der Waals surface area contributed by atoms with Crippen LogP contribution in [0.5, 0.6) is 0 Å². The van der Waals surface area contributed by atoms with Crippen LogP contribution in [0.25, 0.3) is 0 Å². The highest BCUT2D eigenvalue weighted by Gasteiger charge is 2.06. The number of ether oxygens (including phenoxy) is 1. The number of esters is 1. The van der Waals surface area contributed by atoms with Crippen LogP contribution >= 0.6 is 22.9 Å². The van der Waals surface area contributed by atoms with Gasteiger partial charge in [-0.25, -0.2) is 0 Å². The Morgan fingerprint density at radius 2 is 2.22 bits per heavy atom. The number of nitrogens with zero attached hydrogens (tertiary/aromatic N) is 1. The van der Waals surface area contributed by atoms with Gasteiger partial charge in [0, 0.05) is 16.8 Å². The lowest BCUT2D eigenvalue weighted by Crippen LogP contribution is -2.07. The molecule has 0 saturated carbocycles. The third-order valence-corrected chi connectivity index (χ3v) is 3.53. The van der Waals surface area contributed by atoms with Crippen LogP contribution in [0.1, 0.15) is 16.1 Å². The zero-order valence-electron chi connectivity index (χ0n) is 9.85. The lowest BCUT2D eigenvalue weighted by atomic mass is 10.2. The van der Waals surface area contributed by atoms with Crippen molar-refractivity contribution in [3.63, 3.8) is 0 Å². The molecule has 0 atom stereocenters. The van der Waals surface area contributed by atoms with Crippen LogP contribution in [0.4, 0.5) is 0 Å². The predicted molar refractivity (Wildman–Crippen MR) is 71.8 cm³/mol. The number of halogens is 1. The topological polar surface area (TPSA) is 39.2 Å². The second kappa shape index (κ2) is 5.98. The summed E-state index contributed by atoms with van der Waals surface area (Å²) in [5, 5.41) is 0. The number of carbonyl (C=O) groups excluding carboxylic acids is 1. The summed E-state index contributed by atoms with van der Waals surface area (Å²) in [6, 6.07) is 7.40. The largest absolute Gasteiger partial charge is 0.460 e. The summed E-state index contributed by atoms with van der Waals surface area (Å²) in [6.45, 7) is 2.18. The van der Waals surface area contributed by atoms with Crippen molar-refractivity contribution in [2.24, 2.45) is 0 Å². The zero-order chi connectivity index (χ0) is 13.0. The molecule has 2 aromatic heterocycles. The van der Waals surface area contributed by atoms with Gasteiger partial charge in [0.15, 0.2) is 0 Å². The Bertz CT molecular complexity index is 536. The van der Waals surface area contributed by atoms with Gasteiger partial charge < -0.3 is 4.74 Å². The molecule has 0 saturated heterocycles. The number of hydrogen-bond donors (Lipinski definition) is 0. The quantitative estimate of drug-likeness (QED) is 0.807. The van der Waals surface area contributed by atoms with Gasteiger partial charge in [-0.05, 0) is 30.7 Å². The summed E-state index contributed by atoms with van der Waals surface area (Å²) in [4.78, 5) is 16.7. The number of aryl methyl sites for hydroxylation is 1. The highest BCUT2D eigenvalue weighted by molar-refractivity contribution is 7.16. The van der Waals surface area contributed by atoms with Gasteiger partial charge in [-0.15, -0.1) is 11.3 Å². The van der Waals surface area contributed by atoms with Crippen molar-refractivity contribution in [2.45, 2.75) is 20.0 Å². The molecule has 3 nitrogen and oxygen atoms in total. The van der Waals surface area contributed by atoms with Gasteiger partial charge in [-0.2, -0.15) is 0 Å². The van der Waals surface area contributed by atoms with E-state index in [9.17, 15) is 4.79 Å². The van der Waals surface area contributed by atoms with E-state index in [0.717, 1.165) is 16.1 Å². The number of pyridine rings is 1. The fraction of sp³-hybridized carbons (Fsp3) is 0.231. The first-order chi connectivity index (χ1) is 8.63. The molecule has 0 unspecified atom stereocenters. The van der Waals surface area contributed by atoms with Crippen LogP contribution in [0.15, 0.2) is 30.5 Å². The molecule has 0 radical (unpaired) electrons. The Morgan fingerprint density at radius 1 is 1.39 bits per heavy atom. The molecule has 0 aliphatic carbocycles. The van der Waals surface area contributed by atoms with E-state index in [-0.39, 0.29) is 19.0 Å². The molecule has 5 heteroatoms. The second-order valence-corrected chi connectivity index (χ2v) is 5.65. The van der Waals surface area contributed by atoms with Crippen LogP contribution < -0.4 is 0 Å². The monoisotopic (exact) mass is 281 g/mol. The fourth-order valence-corrected chi connectivity index (χ4v) is 2.40. The van der Waals surface area contributed by atoms with E-state index >= 15 is 0 Å². The minimum atomic E-state index is -0.259. The Morgan fingerprint density at radius 3 is 2.83 bits per heavy atom. The predicted octanol–water partition coefficient (Wildman–Crippen LogP) is 3.39. The van der Waals surface area contributed by atoms with E-state index in [0.29, 0.717) is 4.34 Å². The minimum absolute atomic E-state index is 0.242. The number of aromatic nitrogens is 1. The number of hydrogen-bond acceptors (Lipinski definition) is 4. The summed E-state index contributed by atoms with van der Waals surface area (Å²) in [5.41, 5.74) is 1.79. The molecule has 0 aliphatic rings. The van der Waals surface area contributed by atoms with Crippen molar-refractivity contribution in [3.05, 3.63) is 50.9 Å². The lowest BCUT2D eigenvalue weighted by Gasteiger charge is -2.03. The van der Waals surface area contributed by atoms with Crippen molar-refractivity contribution in [2.75, 3.05) is 0 Å². The molecule has 0 aliphatic heterocycles. The minimum Gasteiger partial charge on any atom is -0.460 e. The smallest absolute Gasteiger partial charge is 0.310 e. The van der Waals surface area contributed by atoms with Crippen LogP contribution in [0.3, 0.4) is 0 Å². The van der Waals surface area contributed by atoms with Crippen LogP contribution in [-0.2, 0) is 22.6 Å². The molecule has 0 N–H and O–H groups in total. The summed E-state index contributed by atoms with van der Waals surface area (Å²) in [5.74, 6) is -0.259. The molecular formula is C13H12ClNO2S. The maximum Gasteiger partial charge on any atom is 0.310 e. The molecule has 2 heterocycles. The summed E-state index contributed by atoms with van der Waals surface area (Å²) in [7, 11) is 0. The molecule has 18 heavy (non-hydrogen) atoms. The van der Waals surface area contributed by atoms with Gasteiger partial charge >= 0.3 is 5.97 Å². The number of rotatable bonds is 4. The number of carbonyl (C=O) groups is 1. The first-order valence-electron chi connectivity index (χ1n) is 5.45. The Kier molecular flexibility index (Phi) is 4.33. The van der Waals surface area contributed by atoms with Gasteiger partial charge in [0.2, 0.25) is 0 Å². The van der Waals surface area contributed by atoms with E-state index in [4.69, 9.17) is 16.3 Å². The van der Waals surface area contributed by atoms with Crippen LogP contribution in [-0.4, -0.2) is 11.0 Å². The molecule has 0 fully saturated rings. The molecule has 2 rings (SSSR count). The lowest BCUT2D eigenvalue weighted by molar-refractivity contribution is -0.144. The van der Waals surface area contributed by atoms with Gasteiger partial charge in [-0.3, -0.25) is 9.78 Å². The molecule has 0 amide bonds. The van der Waals surface area contributed by atoms with Crippen LogP contribution in [0, 0.1) is 6.92 Å². The maximum atomic E-state index is 11.6. The molecule has 0 spiro atoms. The average Bonchev–Trinajstić information content (AvgIpc) is 2.76. The van der Waals surface area contributed by atoms with Crippen molar-refractivity contribution >= 4 is 28.9 Å².